The first-order valence-corrected chi connectivity index (χ1v) is 5.33. The summed E-state index contributed by atoms with van der Waals surface area (Å²) in [6.45, 7) is 7.41. The quantitative estimate of drug-likeness (QED) is 0.610. The maximum atomic E-state index is 4.05. The molecular formula is C9H16N2S. The van der Waals surface area contributed by atoms with Crippen molar-refractivity contribution in [2.24, 2.45) is 0 Å². The maximum Gasteiger partial charge on any atom is 0.0840 e. The lowest BCUT2D eigenvalue weighted by atomic mass is 10.1. The Kier molecular flexibility index (Phi) is 2.19. The number of rotatable bonds is 0. The Morgan fingerprint density at radius 1 is 1.67 bits per heavy atom. The van der Waals surface area contributed by atoms with Crippen LogP contribution in [-0.4, -0.2) is 36.5 Å². The lowest BCUT2D eigenvalue weighted by Gasteiger charge is -2.38. The summed E-state index contributed by atoms with van der Waals surface area (Å²) < 4.78 is 0. The van der Waals surface area contributed by atoms with Gasteiger partial charge in [0, 0.05) is 13.1 Å². The van der Waals surface area contributed by atoms with Crippen LogP contribution in [0.4, 0.5) is 0 Å². The van der Waals surface area contributed by atoms with Gasteiger partial charge >= 0.3 is 0 Å². The van der Waals surface area contributed by atoms with Crippen LogP contribution >= 0.6 is 11.8 Å². The summed E-state index contributed by atoms with van der Waals surface area (Å²) in [6, 6.07) is 0. The van der Waals surface area contributed by atoms with Gasteiger partial charge in [0.05, 0.1) is 4.87 Å². The van der Waals surface area contributed by atoms with E-state index < -0.39 is 0 Å². The number of piperidine rings is 1. The summed E-state index contributed by atoms with van der Waals surface area (Å²) in [5.41, 5.74) is 0. The topological polar surface area (TPSA) is 15.3 Å². The van der Waals surface area contributed by atoms with Gasteiger partial charge in [-0.25, -0.2) is 0 Å². The number of nitrogens with one attached hydrogen (secondary N) is 1. The van der Waals surface area contributed by atoms with Gasteiger partial charge in [-0.3, -0.25) is 4.90 Å². The summed E-state index contributed by atoms with van der Waals surface area (Å²) >= 11 is 1.97. The molecule has 2 aliphatic rings. The number of hydrogen-bond donors (Lipinski definition) is 1. The Hall–Kier alpha value is 0.0100. The first-order valence-electron chi connectivity index (χ1n) is 4.52. The minimum Gasteiger partial charge on any atom is -0.314 e. The molecule has 0 saturated carbocycles. The van der Waals surface area contributed by atoms with E-state index in [2.05, 4.69) is 23.8 Å². The van der Waals surface area contributed by atoms with Gasteiger partial charge in [0.2, 0.25) is 0 Å². The molecular weight excluding hydrogens is 168 g/mol. The van der Waals surface area contributed by atoms with E-state index >= 15 is 0 Å². The molecule has 68 valence electrons. The van der Waals surface area contributed by atoms with Crippen LogP contribution < -0.4 is 5.32 Å². The minimum atomic E-state index is 0.343. The molecule has 0 aliphatic carbocycles. The van der Waals surface area contributed by atoms with Gasteiger partial charge in [0.15, 0.2) is 0 Å². The smallest absolute Gasteiger partial charge is 0.0840 e. The van der Waals surface area contributed by atoms with Crippen molar-refractivity contribution in [2.75, 3.05) is 26.7 Å². The molecule has 0 aromatic heterocycles. The van der Waals surface area contributed by atoms with E-state index in [0.29, 0.717) is 4.87 Å². The Morgan fingerprint density at radius 2 is 2.50 bits per heavy atom. The molecule has 1 spiro atoms. The number of thioether (sulfide) groups is 1. The van der Waals surface area contributed by atoms with Crippen LogP contribution in [0.25, 0.3) is 0 Å². The highest BCUT2D eigenvalue weighted by Crippen LogP contribution is 2.44. The summed E-state index contributed by atoms with van der Waals surface area (Å²) in [5.74, 6) is 0. The second kappa shape index (κ2) is 3.05. The predicted molar refractivity (Wildman–Crippen MR) is 54.2 cm³/mol. The Balaban J connectivity index is 2.13. The molecule has 2 heterocycles. The van der Waals surface area contributed by atoms with E-state index in [1.165, 1.54) is 24.3 Å². The van der Waals surface area contributed by atoms with Crippen LogP contribution in [0.5, 0.6) is 0 Å². The second-order valence-electron chi connectivity index (χ2n) is 3.72. The predicted octanol–water partition coefficient (Wildman–Crippen LogP) is 1.26. The van der Waals surface area contributed by atoms with Gasteiger partial charge in [-0.05, 0) is 31.3 Å². The molecule has 0 aromatic carbocycles. The van der Waals surface area contributed by atoms with E-state index in [1.54, 1.807) is 0 Å². The normalized spacial score (nSPS) is 37.9. The molecule has 12 heavy (non-hydrogen) atoms. The summed E-state index contributed by atoms with van der Waals surface area (Å²) in [7, 11) is 2.21. The van der Waals surface area contributed by atoms with Crippen molar-refractivity contribution in [3.05, 3.63) is 11.5 Å². The fraction of sp³-hybridized carbons (Fsp3) is 0.778. The maximum absolute atomic E-state index is 4.05. The minimum absolute atomic E-state index is 0.343. The van der Waals surface area contributed by atoms with Crippen molar-refractivity contribution in [3.8, 4) is 0 Å². The third kappa shape index (κ3) is 1.30. The SMILES string of the molecule is C=C1CN(C)C2(CCCNC2)S1. The van der Waals surface area contributed by atoms with E-state index in [0.717, 1.165) is 13.1 Å². The highest BCUT2D eigenvalue weighted by Gasteiger charge is 2.41. The van der Waals surface area contributed by atoms with Crippen molar-refractivity contribution >= 4 is 11.8 Å². The third-order valence-corrected chi connectivity index (χ3v) is 4.22. The van der Waals surface area contributed by atoms with E-state index in [1.807, 2.05) is 11.8 Å². The zero-order valence-electron chi connectivity index (χ0n) is 7.60. The molecule has 0 aromatic rings. The van der Waals surface area contributed by atoms with Crippen molar-refractivity contribution in [1.82, 2.24) is 10.2 Å². The Morgan fingerprint density at radius 3 is 3.00 bits per heavy atom. The number of hydrogen-bond acceptors (Lipinski definition) is 3. The first kappa shape index (κ1) is 8.60. The van der Waals surface area contributed by atoms with E-state index in [9.17, 15) is 0 Å². The first-order chi connectivity index (χ1) is 5.73. The second-order valence-corrected chi connectivity index (χ2v) is 5.26. The number of likely N-dealkylation sites (N-methyl/N-ethyl adjacent to an activating group) is 1. The molecule has 3 heteroatoms. The fourth-order valence-electron chi connectivity index (χ4n) is 2.06. The van der Waals surface area contributed by atoms with Crippen LogP contribution in [0.2, 0.25) is 0 Å². The molecule has 1 N–H and O–H groups in total. The van der Waals surface area contributed by atoms with Gasteiger partial charge < -0.3 is 5.32 Å². The lowest BCUT2D eigenvalue weighted by Crippen LogP contribution is -2.50. The molecule has 2 rings (SSSR count). The van der Waals surface area contributed by atoms with Crippen LogP contribution in [0.1, 0.15) is 12.8 Å². The van der Waals surface area contributed by atoms with E-state index in [-0.39, 0.29) is 0 Å². The van der Waals surface area contributed by atoms with Gasteiger partial charge in [0.1, 0.15) is 0 Å². The standard InChI is InChI=1S/C9H16N2S/c1-8-6-11(2)9(12-8)4-3-5-10-7-9/h10H,1,3-7H2,2H3. The molecule has 0 amide bonds. The molecule has 0 bridgehead atoms. The van der Waals surface area contributed by atoms with Crippen LogP contribution in [0.3, 0.4) is 0 Å². The van der Waals surface area contributed by atoms with Crippen molar-refractivity contribution in [3.63, 3.8) is 0 Å². The highest BCUT2D eigenvalue weighted by atomic mass is 32.2. The third-order valence-electron chi connectivity index (χ3n) is 2.77. The fourth-order valence-corrected chi connectivity index (χ4v) is 3.50. The molecule has 2 fully saturated rings. The lowest BCUT2D eigenvalue weighted by molar-refractivity contribution is 0.200. The van der Waals surface area contributed by atoms with Gasteiger partial charge in [-0.15, -0.1) is 11.8 Å². The summed E-state index contributed by atoms with van der Waals surface area (Å²) in [4.78, 5) is 4.10. The molecule has 2 aliphatic heterocycles. The monoisotopic (exact) mass is 184 g/mol. The molecule has 2 saturated heterocycles. The van der Waals surface area contributed by atoms with Crippen molar-refractivity contribution in [2.45, 2.75) is 17.7 Å². The highest BCUT2D eigenvalue weighted by molar-refractivity contribution is 8.04. The van der Waals surface area contributed by atoms with Gasteiger partial charge in [-0.1, -0.05) is 6.58 Å². The summed E-state index contributed by atoms with van der Waals surface area (Å²) in [6.07, 6.45) is 2.60. The molecule has 1 unspecified atom stereocenters. The largest absolute Gasteiger partial charge is 0.314 e. The van der Waals surface area contributed by atoms with Crippen molar-refractivity contribution < 1.29 is 0 Å². The number of nitrogens with zero attached hydrogens (tertiary/aromatic N) is 1. The molecule has 2 nitrogen and oxygen atoms in total. The average molecular weight is 184 g/mol. The Labute approximate surface area is 78.4 Å². The van der Waals surface area contributed by atoms with Gasteiger partial charge in [0.25, 0.3) is 0 Å². The zero-order chi connectivity index (χ0) is 8.60. The molecule has 1 atom stereocenters. The van der Waals surface area contributed by atoms with Crippen LogP contribution in [0.15, 0.2) is 11.5 Å². The van der Waals surface area contributed by atoms with E-state index in [4.69, 9.17) is 0 Å². The Bertz CT molecular complexity index is 197. The zero-order valence-corrected chi connectivity index (χ0v) is 8.41. The molecule has 0 radical (unpaired) electrons. The summed E-state index contributed by atoms with van der Waals surface area (Å²) in [5, 5.41) is 3.46. The average Bonchev–Trinajstić information content (AvgIpc) is 2.29. The van der Waals surface area contributed by atoms with Crippen LogP contribution in [0, 0.1) is 0 Å². The van der Waals surface area contributed by atoms with Crippen LogP contribution in [-0.2, 0) is 0 Å². The van der Waals surface area contributed by atoms with Crippen molar-refractivity contribution in [1.29, 1.82) is 0 Å². The van der Waals surface area contributed by atoms with Gasteiger partial charge in [-0.2, -0.15) is 0 Å².